The van der Waals surface area contributed by atoms with Crippen LogP contribution in [0.3, 0.4) is 0 Å². The van der Waals surface area contributed by atoms with Gasteiger partial charge in [0.15, 0.2) is 17.3 Å². The maximum atomic E-state index is 14.8. The van der Waals surface area contributed by atoms with Crippen molar-refractivity contribution < 1.29 is 32.9 Å². The molecule has 0 saturated heterocycles. The van der Waals surface area contributed by atoms with Crippen LogP contribution in [0.4, 0.5) is 21.5 Å². The lowest BCUT2D eigenvalue weighted by Crippen LogP contribution is -2.17. The number of anilines is 3. The number of halogens is 1. The first-order valence-electron chi connectivity index (χ1n) is 8.65. The summed E-state index contributed by atoms with van der Waals surface area (Å²) in [5, 5.41) is 2.63. The third-order valence-electron chi connectivity index (χ3n) is 4.16. The average Bonchev–Trinajstić information content (AvgIpc) is 2.74. The molecule has 2 aromatic carbocycles. The number of nitrogens with zero attached hydrogens (tertiary/aromatic N) is 1. The molecule has 0 spiro atoms. The molecule has 2 aromatic rings. The van der Waals surface area contributed by atoms with Gasteiger partial charge in [0.25, 0.3) is 0 Å². The Hall–Kier alpha value is -3.49. The smallest absolute Gasteiger partial charge is 0.224 e. The summed E-state index contributed by atoms with van der Waals surface area (Å²) in [6.07, 6.45) is 0.664. The van der Waals surface area contributed by atoms with E-state index in [1.807, 2.05) is 0 Å². The second kappa shape index (κ2) is 9.63. The molecular formula is C20H23FN2O6. The second-order valence-corrected chi connectivity index (χ2v) is 5.76. The second-order valence-electron chi connectivity index (χ2n) is 5.76. The van der Waals surface area contributed by atoms with Crippen LogP contribution in [-0.2, 0) is 9.59 Å². The highest BCUT2D eigenvalue weighted by atomic mass is 19.1. The number of methoxy groups -OCH3 is 4. The highest BCUT2D eigenvalue weighted by Crippen LogP contribution is 2.43. The van der Waals surface area contributed by atoms with Crippen LogP contribution in [-0.4, -0.2) is 40.8 Å². The molecule has 0 unspecified atom stereocenters. The van der Waals surface area contributed by atoms with Crippen molar-refractivity contribution in [2.45, 2.75) is 13.3 Å². The van der Waals surface area contributed by atoms with Crippen LogP contribution in [0.25, 0.3) is 0 Å². The molecule has 2 amide bonds. The van der Waals surface area contributed by atoms with E-state index in [0.29, 0.717) is 23.7 Å². The fourth-order valence-electron chi connectivity index (χ4n) is 2.70. The summed E-state index contributed by atoms with van der Waals surface area (Å²) in [5.41, 5.74) is 0.405. The van der Waals surface area contributed by atoms with E-state index in [2.05, 4.69) is 5.32 Å². The Morgan fingerprint density at radius 2 is 1.59 bits per heavy atom. The molecule has 2 rings (SSSR count). The van der Waals surface area contributed by atoms with Gasteiger partial charge in [0.05, 0.1) is 45.5 Å². The van der Waals surface area contributed by atoms with Gasteiger partial charge in [-0.1, -0.05) is 6.92 Å². The van der Waals surface area contributed by atoms with Crippen molar-refractivity contribution in [2.75, 3.05) is 38.7 Å². The number of carbonyl (C=O) groups excluding carboxylic acids is 2. The van der Waals surface area contributed by atoms with Gasteiger partial charge in [0, 0.05) is 24.6 Å². The van der Waals surface area contributed by atoms with Crippen LogP contribution in [0.15, 0.2) is 24.3 Å². The van der Waals surface area contributed by atoms with Crippen LogP contribution in [0.2, 0.25) is 0 Å². The molecule has 0 aliphatic rings. The number of carbonyl (C=O) groups is 2. The molecule has 1 N–H and O–H groups in total. The minimum absolute atomic E-state index is 0.0959. The third kappa shape index (κ3) is 4.50. The van der Waals surface area contributed by atoms with E-state index in [9.17, 15) is 14.0 Å². The fraction of sp³-hybridized carbons (Fsp3) is 0.300. The number of hydrogen-bond donors (Lipinski definition) is 1. The molecule has 29 heavy (non-hydrogen) atoms. The minimum atomic E-state index is -0.725. The molecule has 0 fully saturated rings. The van der Waals surface area contributed by atoms with Crippen LogP contribution in [0.1, 0.15) is 13.3 Å². The maximum Gasteiger partial charge on any atom is 0.224 e. The number of benzene rings is 2. The van der Waals surface area contributed by atoms with E-state index in [0.717, 1.165) is 11.0 Å². The lowest BCUT2D eigenvalue weighted by atomic mass is 10.2. The SMILES string of the molecule is CCC(=O)Nc1cc(N(C=O)c2cc(OC)c(OC)c(OC)c2)c(F)cc1OC. The summed E-state index contributed by atoms with van der Waals surface area (Å²) in [5.74, 6) is 0.0345. The van der Waals surface area contributed by atoms with Crippen molar-refractivity contribution in [3.63, 3.8) is 0 Å². The first-order valence-corrected chi connectivity index (χ1v) is 8.65. The molecule has 0 bridgehead atoms. The highest BCUT2D eigenvalue weighted by Gasteiger charge is 2.22. The molecule has 9 heteroatoms. The standard InChI is InChI=1S/C20H23FN2O6/c1-6-19(25)22-14-10-15(13(21)9-16(14)26-2)23(11-24)12-7-17(27-3)20(29-5)18(8-12)28-4/h7-11H,6H2,1-5H3,(H,22,25). The van der Waals surface area contributed by atoms with E-state index in [-0.39, 0.29) is 35.1 Å². The lowest BCUT2D eigenvalue weighted by Gasteiger charge is -2.22. The lowest BCUT2D eigenvalue weighted by molar-refractivity contribution is -0.115. The zero-order valence-electron chi connectivity index (χ0n) is 16.9. The first kappa shape index (κ1) is 21.8. The number of hydrogen-bond acceptors (Lipinski definition) is 6. The number of amides is 2. The topological polar surface area (TPSA) is 86.3 Å². The van der Waals surface area contributed by atoms with Gasteiger partial charge in [-0.3, -0.25) is 14.5 Å². The molecule has 0 aliphatic heterocycles. The van der Waals surface area contributed by atoms with Crippen molar-refractivity contribution in [1.82, 2.24) is 0 Å². The van der Waals surface area contributed by atoms with Crippen molar-refractivity contribution in [3.8, 4) is 23.0 Å². The normalized spacial score (nSPS) is 10.1. The molecule has 0 aromatic heterocycles. The highest BCUT2D eigenvalue weighted by molar-refractivity contribution is 5.95. The molecule has 0 atom stereocenters. The van der Waals surface area contributed by atoms with E-state index in [4.69, 9.17) is 18.9 Å². The van der Waals surface area contributed by atoms with Crippen LogP contribution in [0.5, 0.6) is 23.0 Å². The predicted octanol–water partition coefficient (Wildman–Crippen LogP) is 3.50. The zero-order chi connectivity index (χ0) is 21.6. The first-order chi connectivity index (χ1) is 13.9. The molecular weight excluding hydrogens is 383 g/mol. The quantitative estimate of drug-likeness (QED) is 0.642. The Balaban J connectivity index is 2.63. The Morgan fingerprint density at radius 1 is 1.00 bits per heavy atom. The predicted molar refractivity (Wildman–Crippen MR) is 106 cm³/mol. The summed E-state index contributed by atoms with van der Waals surface area (Å²) >= 11 is 0. The van der Waals surface area contributed by atoms with Gasteiger partial charge in [-0.05, 0) is 6.07 Å². The zero-order valence-corrected chi connectivity index (χ0v) is 16.9. The van der Waals surface area contributed by atoms with Crippen molar-refractivity contribution in [1.29, 1.82) is 0 Å². The maximum absolute atomic E-state index is 14.8. The van der Waals surface area contributed by atoms with Gasteiger partial charge >= 0.3 is 0 Å². The molecule has 0 aliphatic carbocycles. The minimum Gasteiger partial charge on any atom is -0.494 e. The van der Waals surface area contributed by atoms with Crippen LogP contribution < -0.4 is 29.2 Å². The summed E-state index contributed by atoms with van der Waals surface area (Å²) < 4.78 is 35.8. The number of ether oxygens (including phenoxy) is 4. The Kier molecular flexibility index (Phi) is 7.24. The fourth-order valence-corrected chi connectivity index (χ4v) is 2.70. The van der Waals surface area contributed by atoms with E-state index in [1.54, 1.807) is 6.92 Å². The van der Waals surface area contributed by atoms with Gasteiger partial charge in [-0.15, -0.1) is 0 Å². The van der Waals surface area contributed by atoms with Crippen LogP contribution >= 0.6 is 0 Å². The summed E-state index contributed by atoms with van der Waals surface area (Å²) in [6.45, 7) is 1.68. The van der Waals surface area contributed by atoms with Crippen LogP contribution in [0, 0.1) is 5.82 Å². The van der Waals surface area contributed by atoms with Gasteiger partial charge in [-0.2, -0.15) is 0 Å². The Morgan fingerprint density at radius 3 is 2.03 bits per heavy atom. The Bertz CT molecular complexity index is 878. The van der Waals surface area contributed by atoms with E-state index >= 15 is 0 Å². The molecule has 0 saturated carbocycles. The molecule has 8 nitrogen and oxygen atoms in total. The molecule has 0 radical (unpaired) electrons. The van der Waals surface area contributed by atoms with Gasteiger partial charge in [-0.25, -0.2) is 4.39 Å². The van der Waals surface area contributed by atoms with Crippen molar-refractivity contribution in [3.05, 3.63) is 30.1 Å². The summed E-state index contributed by atoms with van der Waals surface area (Å²) in [4.78, 5) is 24.7. The van der Waals surface area contributed by atoms with Crippen molar-refractivity contribution >= 4 is 29.4 Å². The third-order valence-corrected chi connectivity index (χ3v) is 4.16. The molecule has 156 valence electrons. The molecule has 0 heterocycles. The van der Waals surface area contributed by atoms with E-state index in [1.165, 1.54) is 46.6 Å². The van der Waals surface area contributed by atoms with Gasteiger partial charge in [0.1, 0.15) is 5.75 Å². The summed E-state index contributed by atoms with van der Waals surface area (Å²) in [6, 6.07) is 5.42. The van der Waals surface area contributed by atoms with Gasteiger partial charge < -0.3 is 24.3 Å². The van der Waals surface area contributed by atoms with E-state index < -0.39 is 5.82 Å². The Labute approximate surface area is 168 Å². The number of rotatable bonds is 9. The van der Waals surface area contributed by atoms with Crippen molar-refractivity contribution in [2.24, 2.45) is 0 Å². The average molecular weight is 406 g/mol. The summed E-state index contributed by atoms with van der Waals surface area (Å²) in [7, 11) is 5.66. The number of nitrogens with one attached hydrogen (secondary N) is 1. The van der Waals surface area contributed by atoms with Gasteiger partial charge in [0.2, 0.25) is 18.1 Å². The monoisotopic (exact) mass is 406 g/mol. The largest absolute Gasteiger partial charge is 0.494 e.